The van der Waals surface area contributed by atoms with Gasteiger partial charge in [-0.05, 0) is 55.5 Å². The number of carboxylic acids is 1. The molecule has 0 fully saturated rings. The van der Waals surface area contributed by atoms with Crippen LogP contribution in [-0.2, 0) is 4.79 Å². The Hall–Kier alpha value is -3.22. The van der Waals surface area contributed by atoms with Crippen molar-refractivity contribution in [2.75, 3.05) is 14.1 Å². The largest absolute Gasteiger partial charge is 0.479 e. The van der Waals surface area contributed by atoms with Crippen LogP contribution in [0.5, 0.6) is 5.75 Å². The van der Waals surface area contributed by atoms with Crippen molar-refractivity contribution < 1.29 is 19.4 Å². The van der Waals surface area contributed by atoms with E-state index in [0.717, 1.165) is 0 Å². The molecule has 2 rings (SSSR count). The molecule has 0 heterocycles. The van der Waals surface area contributed by atoms with E-state index in [9.17, 15) is 9.59 Å². The highest BCUT2D eigenvalue weighted by atomic mass is 16.5. The summed E-state index contributed by atoms with van der Waals surface area (Å²) in [5, 5.41) is 18.3. The van der Waals surface area contributed by atoms with Gasteiger partial charge in [-0.1, -0.05) is 5.22 Å². The van der Waals surface area contributed by atoms with Crippen molar-refractivity contribution in [1.82, 2.24) is 5.01 Å². The smallest absolute Gasteiger partial charge is 0.344 e. The molecule has 2 aromatic carbocycles. The van der Waals surface area contributed by atoms with Gasteiger partial charge < -0.3 is 9.84 Å². The summed E-state index contributed by atoms with van der Waals surface area (Å²) in [5.41, 5.74) is 1.66. The van der Waals surface area contributed by atoms with Crippen LogP contribution in [0.25, 0.3) is 0 Å². The molecule has 0 aliphatic carbocycles. The third-order valence-electron chi connectivity index (χ3n) is 3.25. The van der Waals surface area contributed by atoms with E-state index in [0.29, 0.717) is 22.6 Å². The zero-order valence-corrected chi connectivity index (χ0v) is 14.2. The van der Waals surface area contributed by atoms with E-state index >= 15 is 0 Å². The van der Waals surface area contributed by atoms with Crippen molar-refractivity contribution in [3.8, 4) is 5.75 Å². The lowest BCUT2D eigenvalue weighted by molar-refractivity contribution is -0.144. The minimum atomic E-state index is -1.05. The van der Waals surface area contributed by atoms with Crippen molar-refractivity contribution in [3.05, 3.63) is 59.7 Å². The number of benzene rings is 2. The summed E-state index contributed by atoms with van der Waals surface area (Å²) < 4.78 is 5.24. The second kappa shape index (κ2) is 8.05. The summed E-state index contributed by atoms with van der Waals surface area (Å²) in [6, 6.07) is 13.2. The Morgan fingerprint density at radius 2 is 1.52 bits per heavy atom. The predicted molar refractivity (Wildman–Crippen MR) is 92.2 cm³/mol. The van der Waals surface area contributed by atoms with E-state index in [-0.39, 0.29) is 5.78 Å². The molecule has 7 nitrogen and oxygen atoms in total. The monoisotopic (exact) mass is 341 g/mol. The lowest BCUT2D eigenvalue weighted by Gasteiger charge is -2.10. The van der Waals surface area contributed by atoms with Crippen LogP contribution >= 0.6 is 0 Å². The fourth-order valence-corrected chi connectivity index (χ4v) is 1.93. The molecule has 0 saturated carbocycles. The number of hydrogen-bond donors (Lipinski definition) is 1. The Balaban J connectivity index is 2.08. The van der Waals surface area contributed by atoms with E-state index in [2.05, 4.69) is 10.3 Å². The minimum absolute atomic E-state index is 0.145. The highest BCUT2D eigenvalue weighted by molar-refractivity contribution is 6.09. The molecule has 7 heteroatoms. The Morgan fingerprint density at radius 3 is 2.00 bits per heavy atom. The molecule has 1 unspecified atom stereocenters. The SMILES string of the molecule is CC(Oc1ccc(C(=O)c2ccc(N=NN(C)C)cc2)cc1)C(=O)O. The van der Waals surface area contributed by atoms with Gasteiger partial charge in [0.1, 0.15) is 5.75 Å². The number of hydrogen-bond acceptors (Lipinski definition) is 5. The van der Waals surface area contributed by atoms with Gasteiger partial charge in [-0.25, -0.2) is 4.79 Å². The van der Waals surface area contributed by atoms with Gasteiger partial charge in [-0.15, -0.1) is 5.11 Å². The fraction of sp³-hybridized carbons (Fsp3) is 0.222. The minimum Gasteiger partial charge on any atom is -0.479 e. The molecule has 0 spiro atoms. The summed E-state index contributed by atoms with van der Waals surface area (Å²) in [7, 11) is 3.54. The van der Waals surface area contributed by atoms with Crippen LogP contribution in [-0.4, -0.2) is 42.1 Å². The maximum atomic E-state index is 12.5. The molecule has 0 aliphatic rings. The van der Waals surface area contributed by atoms with Crippen LogP contribution in [0.15, 0.2) is 58.9 Å². The number of ether oxygens (including phenoxy) is 1. The summed E-state index contributed by atoms with van der Waals surface area (Å²) in [5.74, 6) is -0.800. The topological polar surface area (TPSA) is 91.6 Å². The van der Waals surface area contributed by atoms with Gasteiger partial charge in [-0.3, -0.25) is 9.80 Å². The molecule has 130 valence electrons. The molecular formula is C18H19N3O4. The molecule has 2 aromatic rings. The number of aliphatic carboxylic acids is 1. The van der Waals surface area contributed by atoms with Gasteiger partial charge in [0.25, 0.3) is 0 Å². The first kappa shape index (κ1) is 18.1. The molecule has 0 aliphatic heterocycles. The lowest BCUT2D eigenvalue weighted by atomic mass is 10.0. The Labute approximate surface area is 145 Å². The zero-order valence-electron chi connectivity index (χ0n) is 14.2. The van der Waals surface area contributed by atoms with Crippen LogP contribution in [0, 0.1) is 0 Å². The Bertz CT molecular complexity index is 768. The molecule has 0 bridgehead atoms. The zero-order chi connectivity index (χ0) is 18.4. The van der Waals surface area contributed by atoms with Crippen molar-refractivity contribution in [3.63, 3.8) is 0 Å². The van der Waals surface area contributed by atoms with Crippen LogP contribution in [0.2, 0.25) is 0 Å². The van der Waals surface area contributed by atoms with Crippen molar-refractivity contribution >= 4 is 17.4 Å². The Morgan fingerprint density at radius 1 is 1.00 bits per heavy atom. The molecule has 0 radical (unpaired) electrons. The summed E-state index contributed by atoms with van der Waals surface area (Å²) >= 11 is 0. The van der Waals surface area contributed by atoms with Crippen LogP contribution < -0.4 is 4.74 Å². The molecule has 1 atom stereocenters. The first-order valence-electron chi connectivity index (χ1n) is 7.60. The number of carbonyl (C=O) groups excluding carboxylic acids is 1. The van der Waals surface area contributed by atoms with Crippen molar-refractivity contribution in [2.45, 2.75) is 13.0 Å². The van der Waals surface area contributed by atoms with E-state index in [4.69, 9.17) is 9.84 Å². The van der Waals surface area contributed by atoms with Gasteiger partial charge in [0.15, 0.2) is 11.9 Å². The average molecular weight is 341 g/mol. The van der Waals surface area contributed by atoms with E-state index in [1.165, 1.54) is 6.92 Å². The maximum absolute atomic E-state index is 12.5. The van der Waals surface area contributed by atoms with Crippen LogP contribution in [0.1, 0.15) is 22.8 Å². The van der Waals surface area contributed by atoms with Crippen LogP contribution in [0.3, 0.4) is 0 Å². The second-order valence-electron chi connectivity index (χ2n) is 5.54. The number of nitrogens with zero attached hydrogens (tertiary/aromatic N) is 3. The molecule has 0 aromatic heterocycles. The number of carbonyl (C=O) groups is 2. The molecule has 25 heavy (non-hydrogen) atoms. The first-order valence-corrected chi connectivity index (χ1v) is 7.60. The van der Waals surface area contributed by atoms with Crippen molar-refractivity contribution in [2.24, 2.45) is 10.3 Å². The van der Waals surface area contributed by atoms with Gasteiger partial charge in [0.05, 0.1) is 5.69 Å². The van der Waals surface area contributed by atoms with Crippen molar-refractivity contribution in [1.29, 1.82) is 0 Å². The van der Waals surface area contributed by atoms with E-state index < -0.39 is 12.1 Å². The molecule has 0 saturated heterocycles. The average Bonchev–Trinajstić information content (AvgIpc) is 2.60. The van der Waals surface area contributed by atoms with Gasteiger partial charge in [-0.2, -0.15) is 0 Å². The van der Waals surface area contributed by atoms with E-state index in [1.54, 1.807) is 67.6 Å². The van der Waals surface area contributed by atoms with Gasteiger partial charge in [0, 0.05) is 25.2 Å². The third kappa shape index (κ3) is 5.13. The predicted octanol–water partition coefficient (Wildman–Crippen LogP) is 3.33. The molecule has 0 amide bonds. The fourth-order valence-electron chi connectivity index (χ4n) is 1.93. The number of carboxylic acid groups (broad SMARTS) is 1. The first-order chi connectivity index (χ1) is 11.9. The molecule has 1 N–H and O–H groups in total. The van der Waals surface area contributed by atoms with E-state index in [1.807, 2.05) is 0 Å². The quantitative estimate of drug-likeness (QED) is 0.474. The van der Waals surface area contributed by atoms with Gasteiger partial charge >= 0.3 is 5.97 Å². The number of ketones is 1. The standard InChI is InChI=1S/C18H19N3O4/c1-12(18(23)24)25-16-10-6-14(7-11-16)17(22)13-4-8-15(9-5-13)19-20-21(2)3/h4-12H,1-3H3,(H,23,24). The second-order valence-corrected chi connectivity index (χ2v) is 5.54. The summed E-state index contributed by atoms with van der Waals surface area (Å²) in [4.78, 5) is 23.2. The van der Waals surface area contributed by atoms with Gasteiger partial charge in [0.2, 0.25) is 0 Å². The summed E-state index contributed by atoms with van der Waals surface area (Å²) in [6.45, 7) is 1.44. The highest BCUT2D eigenvalue weighted by Gasteiger charge is 2.13. The third-order valence-corrected chi connectivity index (χ3v) is 3.25. The lowest BCUT2D eigenvalue weighted by Crippen LogP contribution is -2.22. The van der Waals surface area contributed by atoms with Crippen LogP contribution in [0.4, 0.5) is 5.69 Å². The normalized spacial score (nSPS) is 12.0. The summed E-state index contributed by atoms with van der Waals surface area (Å²) in [6.07, 6.45) is -0.953. The maximum Gasteiger partial charge on any atom is 0.344 e. The highest BCUT2D eigenvalue weighted by Crippen LogP contribution is 2.19. The Kier molecular flexibility index (Phi) is 5.84. The molecular weight excluding hydrogens is 322 g/mol. The number of rotatable bonds is 7.